The van der Waals surface area contributed by atoms with Crippen molar-refractivity contribution in [1.29, 1.82) is 0 Å². The molecule has 0 saturated carbocycles. The van der Waals surface area contributed by atoms with Crippen LogP contribution in [0.1, 0.15) is 207 Å². The number of alkyl halides is 5. The van der Waals surface area contributed by atoms with E-state index in [1.165, 1.54) is 69.3 Å². The summed E-state index contributed by atoms with van der Waals surface area (Å²) in [5, 5.41) is 38.3. The number of nitrogens with zero attached hydrogens (tertiary/aromatic N) is 2. The summed E-state index contributed by atoms with van der Waals surface area (Å²) < 4.78 is 93.8. The van der Waals surface area contributed by atoms with Gasteiger partial charge in [-0.3, -0.25) is 51.2 Å². The van der Waals surface area contributed by atoms with Crippen molar-refractivity contribution in [1.82, 2.24) is 15.4 Å². The molecule has 0 spiro atoms. The number of allylic oxidation sites excluding steroid dienone is 1. The molecule has 0 aliphatic rings. The molecule has 0 aliphatic heterocycles. The Morgan fingerprint density at radius 3 is 1.10 bits per heavy atom. The number of carboxylic acid groups (broad SMARTS) is 2. The van der Waals surface area contributed by atoms with E-state index in [-0.39, 0.29) is 49.3 Å². The van der Waals surface area contributed by atoms with Crippen LogP contribution in [0.3, 0.4) is 0 Å². The highest BCUT2D eigenvalue weighted by atomic mass is 31.2. The SMILES string of the molecule is C/C(=C\C(C)(C)CF)C(=O)OC(C)(C)C.CC(C)(C)OC(=O)NC(C(=O)OC(C)(C)C)P(C)(C)=O.CC(C)(C=O)CF.CC(C)(CF)CC(N)C(=O)O.CC(C)(CO)C(=O)O.CC(CC(C)(C)CF)C(=O)OC(C)(C)C.CON(C)C(=O)C(C)(C)CF.CON(C)C(=O)C(C)(C)CO. The van der Waals surface area contributed by atoms with Gasteiger partial charge in [0.15, 0.2) is 5.78 Å². The van der Waals surface area contributed by atoms with Gasteiger partial charge in [0.25, 0.3) is 11.8 Å². The molecule has 0 rings (SSSR count). The number of alkyl carbamates (subject to hydrolysis) is 1. The molecule has 0 heterocycles. The summed E-state index contributed by atoms with van der Waals surface area (Å²) in [7, 11) is 2.82. The molecule has 3 atom stereocenters. The van der Waals surface area contributed by atoms with Crippen molar-refractivity contribution >= 4 is 61.2 Å². The minimum atomic E-state index is -2.92. The number of hydrogen-bond donors (Lipinski definition) is 6. The average molecular weight is 1450 g/mol. The fraction of sp³-hybridized carbons (Fsp3) is 0.838. The lowest BCUT2D eigenvalue weighted by molar-refractivity contribution is -0.180. The van der Waals surface area contributed by atoms with Crippen LogP contribution in [0.5, 0.6) is 0 Å². The van der Waals surface area contributed by atoms with Crippen molar-refractivity contribution in [2.45, 2.75) is 241 Å². The Morgan fingerprint density at radius 2 is 0.857 bits per heavy atom. The van der Waals surface area contributed by atoms with Gasteiger partial charge in [0, 0.05) is 30.5 Å². The van der Waals surface area contributed by atoms with Crippen molar-refractivity contribution in [3.05, 3.63) is 11.6 Å². The number of carbonyl (C=O) groups excluding carboxylic acids is 7. The summed E-state index contributed by atoms with van der Waals surface area (Å²) in [5.41, 5.74) is -1.91. The third kappa shape index (κ3) is 60.6. The van der Waals surface area contributed by atoms with E-state index in [1.807, 2.05) is 34.6 Å². The van der Waals surface area contributed by atoms with Crippen LogP contribution in [0.15, 0.2) is 11.6 Å². The van der Waals surface area contributed by atoms with Gasteiger partial charge >= 0.3 is 35.9 Å². The number of hydroxylamine groups is 4. The normalized spacial score (nSPS) is 13.3. The highest BCUT2D eigenvalue weighted by molar-refractivity contribution is 7.64. The van der Waals surface area contributed by atoms with E-state index < -0.39 is 137 Å². The number of hydrogen-bond acceptors (Lipinski definition) is 19. The van der Waals surface area contributed by atoms with E-state index in [1.54, 1.807) is 138 Å². The fourth-order valence-electron chi connectivity index (χ4n) is 5.64. The second kappa shape index (κ2) is 47.0. The van der Waals surface area contributed by atoms with E-state index in [4.69, 9.17) is 45.1 Å². The molecule has 98 heavy (non-hydrogen) atoms. The number of aliphatic hydroxyl groups is 2. The lowest BCUT2D eigenvalue weighted by atomic mass is 9.84. The summed E-state index contributed by atoms with van der Waals surface area (Å²) in [6, 6.07) is -0.958. The minimum absolute atomic E-state index is 0.166. The molecule has 3 amide bonds. The van der Waals surface area contributed by atoms with Gasteiger partial charge in [0.1, 0.15) is 55.2 Å². The summed E-state index contributed by atoms with van der Waals surface area (Å²) in [4.78, 5) is 109. The van der Waals surface area contributed by atoms with Crippen LogP contribution in [0, 0.1) is 43.8 Å². The monoisotopic (exact) mass is 1450 g/mol. The Hall–Kier alpha value is -5.35. The number of carboxylic acids is 2. The van der Waals surface area contributed by atoms with Gasteiger partial charge in [0.2, 0.25) is 0 Å². The largest absolute Gasteiger partial charge is 0.481 e. The molecule has 0 aromatic heterocycles. The van der Waals surface area contributed by atoms with Crippen LogP contribution in [-0.4, -0.2) is 207 Å². The Morgan fingerprint density at radius 1 is 0.520 bits per heavy atom. The Balaban J connectivity index is -0.000000160. The van der Waals surface area contributed by atoms with Crippen LogP contribution in [0.2, 0.25) is 0 Å². The Kier molecular flexibility index (Phi) is 52.0. The number of aliphatic hydroxyl groups excluding tert-OH is 2. The van der Waals surface area contributed by atoms with Crippen molar-refractivity contribution in [3.8, 4) is 0 Å². The Labute approximate surface area is 583 Å². The van der Waals surface area contributed by atoms with Gasteiger partial charge in [-0.15, -0.1) is 0 Å². The molecular formula is C68H132F5N4O20P. The van der Waals surface area contributed by atoms with Crippen LogP contribution in [0.25, 0.3) is 0 Å². The molecule has 0 aromatic rings. The molecule has 24 nitrogen and oxygen atoms in total. The molecule has 0 bridgehead atoms. The first-order chi connectivity index (χ1) is 43.2. The Bertz CT molecular complexity index is 2420. The highest BCUT2D eigenvalue weighted by Crippen LogP contribution is 2.42. The third-order valence-electron chi connectivity index (χ3n) is 11.7. The number of amides is 3. The van der Waals surface area contributed by atoms with Gasteiger partial charge in [-0.25, -0.2) is 28.9 Å². The average Bonchev–Trinajstić information content (AvgIpc) is 0.849. The summed E-state index contributed by atoms with van der Waals surface area (Å²) in [6.07, 6.45) is 2.11. The van der Waals surface area contributed by atoms with Crippen molar-refractivity contribution < 1.29 is 119 Å². The first-order valence-electron chi connectivity index (χ1n) is 31.5. The summed E-state index contributed by atoms with van der Waals surface area (Å²) in [5.74, 6) is -5.46. The maximum atomic E-state index is 12.6. The second-order valence-corrected chi connectivity index (χ2v) is 35.9. The number of halogens is 5. The van der Waals surface area contributed by atoms with Crippen LogP contribution in [0.4, 0.5) is 26.7 Å². The molecule has 7 N–H and O–H groups in total. The number of aldehydes is 1. The van der Waals surface area contributed by atoms with Crippen LogP contribution < -0.4 is 11.1 Å². The van der Waals surface area contributed by atoms with Gasteiger partial charge in [0.05, 0.1) is 69.6 Å². The van der Waals surface area contributed by atoms with Crippen molar-refractivity contribution in [2.24, 2.45) is 49.6 Å². The summed E-state index contributed by atoms with van der Waals surface area (Å²) in [6.45, 7) is 47.0. The molecule has 30 heteroatoms. The van der Waals surface area contributed by atoms with E-state index in [2.05, 4.69) is 15.0 Å². The van der Waals surface area contributed by atoms with Crippen molar-refractivity contribution in [3.63, 3.8) is 0 Å². The molecule has 0 fully saturated rings. The first kappa shape index (κ1) is 109. The van der Waals surface area contributed by atoms with Crippen LogP contribution >= 0.6 is 7.14 Å². The van der Waals surface area contributed by atoms with Crippen LogP contribution in [-0.2, 0) is 71.5 Å². The molecule has 584 valence electrons. The highest BCUT2D eigenvalue weighted by Gasteiger charge is 2.38. The maximum absolute atomic E-state index is 12.6. The zero-order valence-corrected chi connectivity index (χ0v) is 66.8. The van der Waals surface area contributed by atoms with Gasteiger partial charge in [-0.2, -0.15) is 0 Å². The number of aliphatic carboxylic acids is 2. The van der Waals surface area contributed by atoms with Crippen molar-refractivity contribution in [2.75, 3.05) is 88.2 Å². The standard InChI is InChI=1S/C13H26NO5P.C12H23FO2.C12H21FO2.2C7H14FNO2.C7H15NO3.C5H9FO.C5H10O3/c1-12(2,3)18-10(15)9(20(7,8)17)14-11(16)19-13(4,5)6;2*1-9(7-12(5,6)8-13)10(14)15-11(2,3)4;1-7(2,5-8)6(10)9(3)11-4;1-7(2,4-8)3-5(9)6(10)11;1-7(2,5-9)6(10)8(3)11-4;1-5(2,3-6)4-7;1-5(2,3-6)4(7)8/h9H,1-8H3,(H,14,16);9H,7-8H2,1-6H3;7H,8H2,1-6H3;5H2,1-4H3;5H,3-4,9H2,1-2H3,(H,10,11);9H,5H2,1-4H3;4H,3H2,1-2H3;6H,3H2,1-2H3,(H,7,8)/b;;9-7+;;;;;. The molecular weight excluding hydrogens is 1320 g/mol. The molecule has 0 aromatic carbocycles. The number of nitrogens with two attached hydrogens (primary N) is 1. The predicted octanol–water partition coefficient (Wildman–Crippen LogP) is 12.5. The molecule has 0 radical (unpaired) electrons. The number of esters is 3. The van der Waals surface area contributed by atoms with E-state index in [0.29, 0.717) is 18.3 Å². The number of rotatable bonds is 24. The predicted molar refractivity (Wildman–Crippen MR) is 372 cm³/mol. The zero-order valence-electron chi connectivity index (χ0n) is 65.9. The lowest BCUT2D eigenvalue weighted by Gasteiger charge is -2.27. The molecule has 0 saturated heterocycles. The first-order valence-corrected chi connectivity index (χ1v) is 34.1. The molecule has 3 unspecified atom stereocenters. The second-order valence-electron chi connectivity index (χ2n) is 32.5. The third-order valence-corrected chi connectivity index (χ3v) is 13.3. The van der Waals surface area contributed by atoms with Gasteiger partial charge < -0.3 is 59.8 Å². The topological polar surface area (TPSA) is 352 Å². The quantitative estimate of drug-likeness (QED) is 0.00994. The van der Waals surface area contributed by atoms with E-state index in [0.717, 1.165) is 10.1 Å². The summed E-state index contributed by atoms with van der Waals surface area (Å²) >= 11 is 0. The number of ether oxygens (including phenoxy) is 4. The smallest absolute Gasteiger partial charge is 0.408 e. The minimum Gasteiger partial charge on any atom is -0.481 e. The van der Waals surface area contributed by atoms with E-state index in [9.17, 15) is 69.7 Å². The van der Waals surface area contributed by atoms with Gasteiger partial charge in [-0.1, -0.05) is 68.4 Å². The number of carbonyl (C=O) groups is 9. The maximum Gasteiger partial charge on any atom is 0.408 e. The number of nitrogens with one attached hydrogen (secondary N) is 1. The fourth-order valence-corrected chi connectivity index (χ4v) is 6.61. The van der Waals surface area contributed by atoms with Gasteiger partial charge in [-0.05, 0) is 169 Å². The lowest BCUT2D eigenvalue weighted by Crippen LogP contribution is -2.45. The zero-order chi connectivity index (χ0) is 80.8. The van der Waals surface area contributed by atoms with E-state index >= 15 is 0 Å². The molecule has 0 aliphatic carbocycles.